The number of aromatic nitrogens is 2. The van der Waals surface area contributed by atoms with Crippen molar-refractivity contribution >= 4 is 34.8 Å². The first kappa shape index (κ1) is 15.6. The summed E-state index contributed by atoms with van der Waals surface area (Å²) in [5.74, 6) is -0.224. The highest BCUT2D eigenvalue weighted by Gasteiger charge is 2.10. The molecule has 0 unspecified atom stereocenters. The molecule has 1 heterocycles. The monoisotopic (exact) mass is 345 g/mol. The molecule has 3 rings (SSSR count). The van der Waals surface area contributed by atoms with Crippen molar-refractivity contribution in [1.82, 2.24) is 9.78 Å². The van der Waals surface area contributed by atoms with Crippen molar-refractivity contribution in [2.24, 2.45) is 0 Å². The first-order valence-electron chi connectivity index (χ1n) is 6.94. The highest BCUT2D eigenvalue weighted by atomic mass is 35.5. The Bertz CT molecular complexity index is 828. The molecule has 0 radical (unpaired) electrons. The van der Waals surface area contributed by atoms with Crippen molar-refractivity contribution in [2.75, 3.05) is 5.32 Å². The van der Waals surface area contributed by atoms with Crippen LogP contribution in [-0.2, 0) is 6.54 Å². The Morgan fingerprint density at radius 3 is 2.57 bits per heavy atom. The SMILES string of the molecule is O=C(Nc1ccc(Cl)cc1)c1cnn(Cc2ccccc2Cl)c1. The maximum Gasteiger partial charge on any atom is 0.258 e. The molecule has 0 saturated heterocycles. The van der Waals surface area contributed by atoms with Gasteiger partial charge in [0.15, 0.2) is 0 Å². The normalized spacial score (nSPS) is 10.5. The molecule has 0 aliphatic rings. The number of hydrogen-bond donors (Lipinski definition) is 1. The van der Waals surface area contributed by atoms with E-state index in [1.165, 1.54) is 6.20 Å². The molecule has 0 atom stereocenters. The summed E-state index contributed by atoms with van der Waals surface area (Å²) < 4.78 is 1.68. The fraction of sp³-hybridized carbons (Fsp3) is 0.0588. The Morgan fingerprint density at radius 2 is 1.83 bits per heavy atom. The van der Waals surface area contributed by atoms with Crippen molar-refractivity contribution in [3.8, 4) is 0 Å². The Morgan fingerprint density at radius 1 is 1.09 bits per heavy atom. The van der Waals surface area contributed by atoms with E-state index in [9.17, 15) is 4.79 Å². The third-order valence-corrected chi connectivity index (χ3v) is 3.91. The van der Waals surface area contributed by atoms with Crippen molar-refractivity contribution < 1.29 is 4.79 Å². The Kier molecular flexibility index (Phi) is 4.65. The largest absolute Gasteiger partial charge is 0.322 e. The molecule has 0 spiro atoms. The molecule has 0 saturated carbocycles. The highest BCUT2D eigenvalue weighted by Crippen LogP contribution is 2.17. The summed E-state index contributed by atoms with van der Waals surface area (Å²) in [7, 11) is 0. The molecule has 0 aliphatic heterocycles. The smallest absolute Gasteiger partial charge is 0.258 e. The topological polar surface area (TPSA) is 46.9 Å². The minimum absolute atomic E-state index is 0.224. The molecule has 0 fully saturated rings. The number of carbonyl (C=O) groups is 1. The molecule has 0 aliphatic carbocycles. The van der Waals surface area contributed by atoms with E-state index in [1.807, 2.05) is 24.3 Å². The number of carbonyl (C=O) groups excluding carboxylic acids is 1. The standard InChI is InChI=1S/C17H13Cl2N3O/c18-14-5-7-15(8-6-14)21-17(23)13-9-20-22(11-13)10-12-3-1-2-4-16(12)19/h1-9,11H,10H2,(H,21,23). The average Bonchev–Trinajstić information content (AvgIpc) is 3.01. The van der Waals surface area contributed by atoms with Crippen LogP contribution in [0.25, 0.3) is 0 Å². The molecule has 3 aromatic rings. The second-order valence-electron chi connectivity index (χ2n) is 4.98. The van der Waals surface area contributed by atoms with Gasteiger partial charge in [-0.15, -0.1) is 0 Å². The molecular formula is C17H13Cl2N3O. The van der Waals surface area contributed by atoms with Gasteiger partial charge in [-0.2, -0.15) is 5.10 Å². The lowest BCUT2D eigenvalue weighted by Gasteiger charge is -2.04. The van der Waals surface area contributed by atoms with Gasteiger partial charge in [-0.05, 0) is 35.9 Å². The van der Waals surface area contributed by atoms with Crippen LogP contribution in [0.4, 0.5) is 5.69 Å². The molecule has 0 bridgehead atoms. The number of rotatable bonds is 4. The van der Waals surface area contributed by atoms with Crippen LogP contribution in [-0.4, -0.2) is 15.7 Å². The maximum atomic E-state index is 12.2. The predicted molar refractivity (Wildman–Crippen MR) is 92.2 cm³/mol. The lowest BCUT2D eigenvalue weighted by Crippen LogP contribution is -2.11. The van der Waals surface area contributed by atoms with Crippen LogP contribution in [0.5, 0.6) is 0 Å². The van der Waals surface area contributed by atoms with E-state index in [4.69, 9.17) is 23.2 Å². The number of benzene rings is 2. The van der Waals surface area contributed by atoms with Crippen LogP contribution in [0.1, 0.15) is 15.9 Å². The summed E-state index contributed by atoms with van der Waals surface area (Å²) in [4.78, 5) is 12.2. The van der Waals surface area contributed by atoms with Crippen LogP contribution in [0.3, 0.4) is 0 Å². The molecule has 1 aromatic heterocycles. The zero-order chi connectivity index (χ0) is 16.2. The Balaban J connectivity index is 1.70. The summed E-state index contributed by atoms with van der Waals surface area (Å²) in [6.45, 7) is 0.508. The van der Waals surface area contributed by atoms with Crippen molar-refractivity contribution in [3.63, 3.8) is 0 Å². The van der Waals surface area contributed by atoms with Gasteiger partial charge in [0.05, 0.1) is 18.3 Å². The Labute approximate surface area is 143 Å². The number of anilines is 1. The van der Waals surface area contributed by atoms with E-state index in [2.05, 4.69) is 10.4 Å². The second kappa shape index (κ2) is 6.86. The zero-order valence-electron chi connectivity index (χ0n) is 12.0. The van der Waals surface area contributed by atoms with Crippen LogP contribution >= 0.6 is 23.2 Å². The van der Waals surface area contributed by atoms with Crippen LogP contribution in [0.15, 0.2) is 60.9 Å². The van der Waals surface area contributed by atoms with Gasteiger partial charge in [0.1, 0.15) is 0 Å². The van der Waals surface area contributed by atoms with Gasteiger partial charge in [0.2, 0.25) is 0 Å². The molecule has 6 heteroatoms. The molecular weight excluding hydrogens is 333 g/mol. The van der Waals surface area contributed by atoms with Crippen molar-refractivity contribution in [1.29, 1.82) is 0 Å². The van der Waals surface area contributed by atoms with Gasteiger partial charge < -0.3 is 5.32 Å². The molecule has 1 amide bonds. The molecule has 4 nitrogen and oxygen atoms in total. The third kappa shape index (κ3) is 3.92. The first-order valence-corrected chi connectivity index (χ1v) is 7.70. The summed E-state index contributed by atoms with van der Waals surface area (Å²) >= 11 is 12.0. The summed E-state index contributed by atoms with van der Waals surface area (Å²) in [5, 5.41) is 8.30. The lowest BCUT2D eigenvalue weighted by atomic mass is 10.2. The quantitative estimate of drug-likeness (QED) is 0.757. The summed E-state index contributed by atoms with van der Waals surface area (Å²) in [6, 6.07) is 14.5. The van der Waals surface area contributed by atoms with E-state index in [0.29, 0.717) is 27.8 Å². The predicted octanol–water partition coefficient (Wildman–Crippen LogP) is 4.49. The van der Waals surface area contributed by atoms with Crippen LogP contribution in [0.2, 0.25) is 10.0 Å². The summed E-state index contributed by atoms with van der Waals surface area (Å²) in [6.07, 6.45) is 3.22. The number of hydrogen-bond acceptors (Lipinski definition) is 2. The minimum Gasteiger partial charge on any atom is -0.322 e. The fourth-order valence-corrected chi connectivity index (χ4v) is 2.43. The van der Waals surface area contributed by atoms with E-state index in [1.54, 1.807) is 35.1 Å². The molecule has 116 valence electrons. The number of nitrogens with one attached hydrogen (secondary N) is 1. The first-order chi connectivity index (χ1) is 11.1. The van der Waals surface area contributed by atoms with Gasteiger partial charge >= 0.3 is 0 Å². The van der Waals surface area contributed by atoms with E-state index in [0.717, 1.165) is 5.56 Å². The van der Waals surface area contributed by atoms with Gasteiger partial charge in [-0.1, -0.05) is 41.4 Å². The highest BCUT2D eigenvalue weighted by molar-refractivity contribution is 6.31. The molecule has 23 heavy (non-hydrogen) atoms. The maximum absolute atomic E-state index is 12.2. The lowest BCUT2D eigenvalue weighted by molar-refractivity contribution is 0.102. The summed E-state index contributed by atoms with van der Waals surface area (Å²) in [5.41, 5.74) is 2.10. The van der Waals surface area contributed by atoms with E-state index >= 15 is 0 Å². The fourth-order valence-electron chi connectivity index (χ4n) is 2.10. The van der Waals surface area contributed by atoms with E-state index < -0.39 is 0 Å². The number of nitrogens with zero attached hydrogens (tertiary/aromatic N) is 2. The van der Waals surface area contributed by atoms with Crippen molar-refractivity contribution in [3.05, 3.63) is 82.1 Å². The molecule has 1 N–H and O–H groups in total. The minimum atomic E-state index is -0.224. The van der Waals surface area contributed by atoms with E-state index in [-0.39, 0.29) is 5.91 Å². The third-order valence-electron chi connectivity index (χ3n) is 3.29. The Hall–Kier alpha value is -2.30. The van der Waals surface area contributed by atoms with Crippen molar-refractivity contribution in [2.45, 2.75) is 6.54 Å². The van der Waals surface area contributed by atoms with Crippen LogP contribution in [0, 0.1) is 0 Å². The number of amides is 1. The zero-order valence-corrected chi connectivity index (χ0v) is 13.6. The number of halogens is 2. The van der Waals surface area contributed by atoms with Gasteiger partial charge in [0.25, 0.3) is 5.91 Å². The van der Waals surface area contributed by atoms with Gasteiger partial charge in [0, 0.05) is 21.9 Å². The average molecular weight is 346 g/mol. The van der Waals surface area contributed by atoms with Crippen LogP contribution < -0.4 is 5.32 Å². The second-order valence-corrected chi connectivity index (χ2v) is 5.82. The van der Waals surface area contributed by atoms with Gasteiger partial charge in [-0.3, -0.25) is 9.48 Å². The van der Waals surface area contributed by atoms with Gasteiger partial charge in [-0.25, -0.2) is 0 Å². The molecule has 2 aromatic carbocycles.